The molecule has 6 nitrogen and oxygen atoms in total. The first-order valence-electron chi connectivity index (χ1n) is 8.00. The molecule has 0 fully saturated rings. The molecule has 1 aliphatic rings. The van der Waals surface area contributed by atoms with Crippen LogP contribution in [0, 0.1) is 0 Å². The number of carbonyl (C=O) groups is 2. The molecule has 1 aromatic carbocycles. The van der Waals surface area contributed by atoms with Crippen molar-refractivity contribution in [1.29, 1.82) is 0 Å². The number of fused-ring (bicyclic) bond motifs is 1. The Labute approximate surface area is 137 Å². The topological polar surface area (TPSA) is 73.5 Å². The zero-order chi connectivity index (χ0) is 17.0. The third-order valence-corrected chi connectivity index (χ3v) is 4.31. The van der Waals surface area contributed by atoms with E-state index >= 15 is 0 Å². The van der Waals surface area contributed by atoms with Crippen LogP contribution in [0.4, 0.5) is 10.5 Å². The van der Waals surface area contributed by atoms with Crippen molar-refractivity contribution >= 4 is 17.6 Å². The molecule has 6 heteroatoms. The highest BCUT2D eigenvalue weighted by atomic mass is 16.2. The van der Waals surface area contributed by atoms with Crippen molar-refractivity contribution in [3.63, 3.8) is 0 Å². The molecule has 1 aliphatic heterocycles. The van der Waals surface area contributed by atoms with Crippen molar-refractivity contribution in [2.24, 2.45) is 0 Å². The summed E-state index contributed by atoms with van der Waals surface area (Å²) in [5, 5.41) is 8.70. The lowest BCUT2D eigenvalue weighted by Gasteiger charge is -2.22. The van der Waals surface area contributed by atoms with Crippen LogP contribution in [-0.4, -0.2) is 43.5 Å². The maximum atomic E-state index is 12.0. The molecule has 0 radical (unpaired) electrons. The van der Waals surface area contributed by atoms with Gasteiger partial charge in [0.2, 0.25) is 5.91 Å². The fourth-order valence-electron chi connectivity index (χ4n) is 2.43. The third-order valence-electron chi connectivity index (χ3n) is 4.31. The van der Waals surface area contributed by atoms with Crippen LogP contribution in [0.15, 0.2) is 18.2 Å². The van der Waals surface area contributed by atoms with Crippen molar-refractivity contribution in [3.8, 4) is 0 Å². The van der Waals surface area contributed by atoms with Gasteiger partial charge in [0.15, 0.2) is 0 Å². The Morgan fingerprint density at radius 2 is 2.04 bits per heavy atom. The van der Waals surface area contributed by atoms with Gasteiger partial charge in [0, 0.05) is 24.7 Å². The van der Waals surface area contributed by atoms with Gasteiger partial charge in [0.05, 0.1) is 6.04 Å². The summed E-state index contributed by atoms with van der Waals surface area (Å²) in [7, 11) is 3.97. The Bertz CT molecular complexity index is 586. The Balaban J connectivity index is 1.92. The van der Waals surface area contributed by atoms with E-state index in [0.717, 1.165) is 23.2 Å². The van der Waals surface area contributed by atoms with Crippen LogP contribution in [0.1, 0.15) is 37.4 Å². The van der Waals surface area contributed by atoms with Crippen LogP contribution in [0.25, 0.3) is 0 Å². The molecule has 0 unspecified atom stereocenters. The van der Waals surface area contributed by atoms with Crippen molar-refractivity contribution in [2.45, 2.75) is 38.8 Å². The van der Waals surface area contributed by atoms with Crippen LogP contribution < -0.4 is 16.0 Å². The molecule has 0 saturated carbocycles. The van der Waals surface area contributed by atoms with Gasteiger partial charge >= 0.3 is 6.03 Å². The van der Waals surface area contributed by atoms with E-state index in [0.29, 0.717) is 13.0 Å². The highest BCUT2D eigenvalue weighted by molar-refractivity contribution is 5.93. The summed E-state index contributed by atoms with van der Waals surface area (Å²) < 4.78 is 0. The van der Waals surface area contributed by atoms with Crippen LogP contribution >= 0.6 is 0 Å². The molecule has 0 aromatic heterocycles. The first-order valence-corrected chi connectivity index (χ1v) is 8.00. The number of likely N-dealkylation sites (N-methyl/N-ethyl adjacent to an activating group) is 1. The third kappa shape index (κ3) is 4.69. The number of amides is 3. The van der Waals surface area contributed by atoms with E-state index in [1.165, 1.54) is 0 Å². The van der Waals surface area contributed by atoms with Crippen LogP contribution in [0.2, 0.25) is 0 Å². The summed E-state index contributed by atoms with van der Waals surface area (Å²) in [4.78, 5) is 25.4. The van der Waals surface area contributed by atoms with E-state index in [4.69, 9.17) is 0 Å². The number of hydrogen-bond donors (Lipinski definition) is 3. The van der Waals surface area contributed by atoms with E-state index in [2.05, 4.69) is 33.8 Å². The number of anilines is 1. The van der Waals surface area contributed by atoms with Crippen molar-refractivity contribution < 1.29 is 9.59 Å². The second-order valence-corrected chi connectivity index (χ2v) is 6.35. The van der Waals surface area contributed by atoms with Crippen molar-refractivity contribution in [1.82, 2.24) is 15.5 Å². The van der Waals surface area contributed by atoms with Crippen molar-refractivity contribution in [3.05, 3.63) is 29.3 Å². The number of benzene rings is 1. The van der Waals surface area contributed by atoms with Gasteiger partial charge in [-0.3, -0.25) is 4.79 Å². The van der Waals surface area contributed by atoms with E-state index in [-0.39, 0.29) is 24.0 Å². The molecule has 0 bridgehead atoms. The molecule has 2 atom stereocenters. The zero-order valence-corrected chi connectivity index (χ0v) is 14.3. The molecule has 3 N–H and O–H groups in total. The smallest absolute Gasteiger partial charge is 0.315 e. The van der Waals surface area contributed by atoms with Crippen LogP contribution in [0.3, 0.4) is 0 Å². The lowest BCUT2D eigenvalue weighted by molar-refractivity contribution is -0.116. The summed E-state index contributed by atoms with van der Waals surface area (Å²) in [6.07, 6.45) is 1.26. The van der Waals surface area contributed by atoms with Crippen molar-refractivity contribution in [2.75, 3.05) is 26.0 Å². The predicted molar refractivity (Wildman–Crippen MR) is 91.5 cm³/mol. The van der Waals surface area contributed by atoms with Crippen LogP contribution in [-0.2, 0) is 11.2 Å². The van der Waals surface area contributed by atoms with Gasteiger partial charge in [0.1, 0.15) is 0 Å². The molecule has 0 aliphatic carbocycles. The average molecular weight is 318 g/mol. The quantitative estimate of drug-likeness (QED) is 0.776. The van der Waals surface area contributed by atoms with Gasteiger partial charge in [-0.15, -0.1) is 0 Å². The minimum absolute atomic E-state index is 0.0609. The number of nitrogens with one attached hydrogen (secondary N) is 3. The summed E-state index contributed by atoms with van der Waals surface area (Å²) in [5.74, 6) is 0.0609. The molecule has 0 spiro atoms. The molecule has 23 heavy (non-hydrogen) atoms. The average Bonchev–Trinajstić information content (AvgIpc) is 2.51. The molecule has 1 heterocycles. The summed E-state index contributed by atoms with van der Waals surface area (Å²) >= 11 is 0. The standard InChI is InChI=1S/C17H26N4O2/c1-11(21(3)4)10-18-17(23)19-12(2)13-5-7-15-14(9-13)6-8-16(22)20-15/h5,7,9,11-12H,6,8,10H2,1-4H3,(H,20,22)(H2,18,19,23)/t11-,12+/m0/s1. The molecule has 2 rings (SSSR count). The first-order chi connectivity index (χ1) is 10.9. The van der Waals surface area contributed by atoms with Gasteiger partial charge in [-0.05, 0) is 51.6 Å². The second kappa shape index (κ2) is 7.46. The molecular weight excluding hydrogens is 292 g/mol. The minimum atomic E-state index is -0.169. The summed E-state index contributed by atoms with van der Waals surface area (Å²) in [6, 6.07) is 5.93. The number of aryl methyl sites for hydroxylation is 1. The molecule has 126 valence electrons. The predicted octanol–water partition coefficient (Wildman–Crippen LogP) is 1.88. The lowest BCUT2D eigenvalue weighted by Crippen LogP contribution is -2.43. The van der Waals surface area contributed by atoms with Crippen LogP contribution in [0.5, 0.6) is 0 Å². The highest BCUT2D eigenvalue weighted by Gasteiger charge is 2.17. The minimum Gasteiger partial charge on any atom is -0.337 e. The number of hydrogen-bond acceptors (Lipinski definition) is 3. The van der Waals surface area contributed by atoms with Gasteiger partial charge in [-0.25, -0.2) is 4.79 Å². The Kier molecular flexibility index (Phi) is 5.60. The molecule has 1 aromatic rings. The molecular formula is C17H26N4O2. The maximum Gasteiger partial charge on any atom is 0.315 e. The van der Waals surface area contributed by atoms with E-state index < -0.39 is 0 Å². The highest BCUT2D eigenvalue weighted by Crippen LogP contribution is 2.26. The van der Waals surface area contributed by atoms with E-state index in [1.54, 1.807) is 0 Å². The normalized spacial score (nSPS) is 16.3. The Hall–Kier alpha value is -2.08. The SMILES string of the molecule is C[C@@H](NC(=O)NC[C@H](C)N(C)C)c1ccc2c(c1)CCC(=O)N2. The second-order valence-electron chi connectivity index (χ2n) is 6.35. The van der Waals surface area contributed by atoms with Gasteiger partial charge in [0.25, 0.3) is 0 Å². The summed E-state index contributed by atoms with van der Waals surface area (Å²) in [6.45, 7) is 4.61. The van der Waals surface area contributed by atoms with Gasteiger partial charge < -0.3 is 20.9 Å². The van der Waals surface area contributed by atoms with Gasteiger partial charge in [-0.2, -0.15) is 0 Å². The molecule has 0 saturated heterocycles. The lowest BCUT2D eigenvalue weighted by atomic mass is 9.98. The number of rotatable bonds is 5. The van der Waals surface area contributed by atoms with E-state index in [1.807, 2.05) is 33.2 Å². The number of urea groups is 1. The molecule has 3 amide bonds. The summed E-state index contributed by atoms with van der Waals surface area (Å²) in [5.41, 5.74) is 3.04. The first kappa shape index (κ1) is 17.3. The Morgan fingerprint density at radius 3 is 2.74 bits per heavy atom. The Morgan fingerprint density at radius 1 is 1.30 bits per heavy atom. The van der Waals surface area contributed by atoms with Gasteiger partial charge in [-0.1, -0.05) is 12.1 Å². The zero-order valence-electron chi connectivity index (χ0n) is 14.3. The monoisotopic (exact) mass is 318 g/mol. The van der Waals surface area contributed by atoms with E-state index in [9.17, 15) is 9.59 Å². The fourth-order valence-corrected chi connectivity index (χ4v) is 2.43. The fraction of sp³-hybridized carbons (Fsp3) is 0.529. The largest absolute Gasteiger partial charge is 0.337 e. The number of nitrogens with zero attached hydrogens (tertiary/aromatic N) is 1. The number of carbonyl (C=O) groups excluding carboxylic acids is 2. The maximum absolute atomic E-state index is 12.0.